The predicted molar refractivity (Wildman–Crippen MR) is 134 cm³/mol. The summed E-state index contributed by atoms with van der Waals surface area (Å²) in [4.78, 5) is 18.0. The molecule has 5 rings (SSSR count). The molecule has 0 saturated heterocycles. The number of pyridine rings is 1. The molecule has 2 aromatic heterocycles. The second-order valence-electron chi connectivity index (χ2n) is 9.41. The minimum absolute atomic E-state index is 0.0571. The number of nitrogens with zero attached hydrogens (tertiary/aromatic N) is 5. The van der Waals surface area contributed by atoms with Crippen molar-refractivity contribution in [3.8, 4) is 11.5 Å². The maximum absolute atomic E-state index is 13.4. The van der Waals surface area contributed by atoms with Gasteiger partial charge in [-0.3, -0.25) is 9.69 Å². The Kier molecular flexibility index (Phi) is 7.15. The van der Waals surface area contributed by atoms with Gasteiger partial charge >= 0.3 is 0 Å². The first kappa shape index (κ1) is 24.8. The molecule has 1 unspecified atom stereocenters. The van der Waals surface area contributed by atoms with Crippen molar-refractivity contribution in [3.63, 3.8) is 0 Å². The topological polar surface area (TPSA) is 118 Å². The lowest BCUT2D eigenvalue weighted by molar-refractivity contribution is 0.106. The Morgan fingerprint density at radius 2 is 1.86 bits per heavy atom. The van der Waals surface area contributed by atoms with E-state index in [-0.39, 0.29) is 36.5 Å². The summed E-state index contributed by atoms with van der Waals surface area (Å²) >= 11 is 0. The van der Waals surface area contributed by atoms with Crippen LogP contribution >= 0.6 is 0 Å². The number of tetrazole rings is 1. The fourth-order valence-electron chi connectivity index (χ4n) is 4.75. The number of aromatic amines is 1. The maximum Gasteiger partial charge on any atom is 0.252 e. The molecule has 37 heavy (non-hydrogen) atoms. The fraction of sp³-hybridized carbons (Fsp3) is 0.385. The Hall–Kier alpha value is -3.83. The number of ether oxygens (including phenoxy) is 2. The number of aliphatic hydroxyl groups is 1. The summed E-state index contributed by atoms with van der Waals surface area (Å²) in [6.07, 6.45) is 0. The number of hydrogen-bond donors (Lipinski definition) is 2. The molecule has 0 amide bonds. The van der Waals surface area contributed by atoms with Crippen LogP contribution in [0.15, 0.2) is 47.3 Å². The molecule has 0 bridgehead atoms. The molecule has 1 aliphatic heterocycles. The summed E-state index contributed by atoms with van der Waals surface area (Å²) in [5.74, 6) is 1.60. The quantitative estimate of drug-likeness (QED) is 0.354. The highest BCUT2D eigenvalue weighted by atomic mass is 19.1. The van der Waals surface area contributed by atoms with Crippen molar-refractivity contribution in [1.29, 1.82) is 0 Å². The third-order valence-electron chi connectivity index (χ3n) is 6.44. The Morgan fingerprint density at radius 1 is 1.14 bits per heavy atom. The molecule has 10 nitrogen and oxygen atoms in total. The van der Waals surface area contributed by atoms with Crippen LogP contribution in [-0.2, 0) is 13.1 Å². The zero-order valence-electron chi connectivity index (χ0n) is 20.7. The Bertz CT molecular complexity index is 1440. The Morgan fingerprint density at radius 3 is 2.57 bits per heavy atom. The lowest BCUT2D eigenvalue weighted by atomic mass is 10.00. The van der Waals surface area contributed by atoms with Gasteiger partial charge in [0.05, 0.1) is 24.7 Å². The number of rotatable bonds is 9. The molecule has 194 valence electrons. The third-order valence-corrected chi connectivity index (χ3v) is 6.44. The van der Waals surface area contributed by atoms with E-state index in [1.165, 1.54) is 12.1 Å². The van der Waals surface area contributed by atoms with Crippen LogP contribution in [0.1, 0.15) is 36.8 Å². The van der Waals surface area contributed by atoms with Crippen molar-refractivity contribution in [2.45, 2.75) is 33.0 Å². The second kappa shape index (κ2) is 10.7. The average Bonchev–Trinajstić information content (AvgIpc) is 3.32. The highest BCUT2D eigenvalue weighted by Gasteiger charge is 2.30. The van der Waals surface area contributed by atoms with Crippen molar-refractivity contribution >= 4 is 10.9 Å². The van der Waals surface area contributed by atoms with Gasteiger partial charge in [-0.2, -0.15) is 0 Å². The molecule has 3 heterocycles. The largest absolute Gasteiger partial charge is 0.486 e. The number of aromatic nitrogens is 5. The normalized spacial score (nSPS) is 14.0. The number of halogens is 1. The summed E-state index contributed by atoms with van der Waals surface area (Å²) in [5.41, 5.74) is 1.84. The van der Waals surface area contributed by atoms with E-state index in [9.17, 15) is 14.3 Å². The molecular formula is C26H29FN6O4. The Balaban J connectivity index is 1.47. The van der Waals surface area contributed by atoms with Crippen molar-refractivity contribution in [1.82, 2.24) is 30.1 Å². The molecular weight excluding hydrogens is 479 g/mol. The van der Waals surface area contributed by atoms with Crippen LogP contribution in [0.4, 0.5) is 4.39 Å². The minimum atomic E-state index is -0.310. The smallest absolute Gasteiger partial charge is 0.252 e. The molecule has 1 aliphatic rings. The summed E-state index contributed by atoms with van der Waals surface area (Å²) in [6, 6.07) is 11.4. The number of aliphatic hydroxyl groups excluding tert-OH is 1. The molecule has 0 spiro atoms. The number of nitrogens with one attached hydrogen (secondary N) is 1. The number of fused-ring (bicyclic) bond motifs is 2. The first-order valence-electron chi connectivity index (χ1n) is 12.2. The van der Waals surface area contributed by atoms with E-state index in [1.807, 2.05) is 30.9 Å². The van der Waals surface area contributed by atoms with Crippen molar-refractivity contribution in [2.75, 3.05) is 26.4 Å². The zero-order chi connectivity index (χ0) is 25.9. The third kappa shape index (κ3) is 5.32. The van der Waals surface area contributed by atoms with Gasteiger partial charge in [-0.15, -0.1) is 5.10 Å². The van der Waals surface area contributed by atoms with Crippen LogP contribution in [0, 0.1) is 11.7 Å². The molecule has 1 atom stereocenters. The fourth-order valence-corrected chi connectivity index (χ4v) is 4.75. The van der Waals surface area contributed by atoms with E-state index in [0.717, 1.165) is 10.9 Å². The molecule has 0 fully saturated rings. The van der Waals surface area contributed by atoms with Crippen LogP contribution in [0.2, 0.25) is 0 Å². The van der Waals surface area contributed by atoms with E-state index in [4.69, 9.17) is 9.47 Å². The lowest BCUT2D eigenvalue weighted by Crippen LogP contribution is -2.37. The lowest BCUT2D eigenvalue weighted by Gasteiger charge is -2.33. The van der Waals surface area contributed by atoms with E-state index in [1.54, 1.807) is 22.9 Å². The molecule has 2 N–H and O–H groups in total. The van der Waals surface area contributed by atoms with Gasteiger partial charge in [-0.25, -0.2) is 9.07 Å². The van der Waals surface area contributed by atoms with Gasteiger partial charge in [0.1, 0.15) is 19.0 Å². The molecule has 0 saturated carbocycles. The van der Waals surface area contributed by atoms with Gasteiger partial charge in [0.25, 0.3) is 5.56 Å². The summed E-state index contributed by atoms with van der Waals surface area (Å²) < 4.78 is 26.4. The van der Waals surface area contributed by atoms with Crippen LogP contribution in [0.3, 0.4) is 0 Å². The highest BCUT2D eigenvalue weighted by molar-refractivity contribution is 5.83. The van der Waals surface area contributed by atoms with Crippen LogP contribution in [-0.4, -0.2) is 61.6 Å². The van der Waals surface area contributed by atoms with Gasteiger partial charge in [0, 0.05) is 30.1 Å². The standard InChI is InChI=1S/C26H29FN6O4/c1-16(2)24(25-29-30-31-33(25)14-17-3-5-20(27)6-4-17)32(7-8-34)15-19-11-18-12-22-23(37-10-9-36-22)13-21(18)28-26(19)35/h3-6,11-13,16,24,34H,7-10,14-15H2,1-2H3,(H,28,35). The highest BCUT2D eigenvalue weighted by Crippen LogP contribution is 2.34. The predicted octanol–water partition coefficient (Wildman–Crippen LogP) is 2.66. The number of hydrogen-bond acceptors (Lipinski definition) is 8. The Labute approximate surface area is 212 Å². The second-order valence-corrected chi connectivity index (χ2v) is 9.41. The number of H-pyrrole nitrogens is 1. The summed E-state index contributed by atoms with van der Waals surface area (Å²) in [7, 11) is 0. The van der Waals surface area contributed by atoms with Crippen LogP contribution in [0.25, 0.3) is 10.9 Å². The van der Waals surface area contributed by atoms with E-state index >= 15 is 0 Å². The van der Waals surface area contributed by atoms with Crippen molar-refractivity contribution in [2.24, 2.45) is 5.92 Å². The van der Waals surface area contributed by atoms with E-state index in [0.29, 0.717) is 54.7 Å². The van der Waals surface area contributed by atoms with Gasteiger partial charge in [0.2, 0.25) is 0 Å². The first-order chi connectivity index (χ1) is 17.9. The van der Waals surface area contributed by atoms with Gasteiger partial charge in [-0.1, -0.05) is 26.0 Å². The van der Waals surface area contributed by atoms with Gasteiger partial charge in [0.15, 0.2) is 17.3 Å². The van der Waals surface area contributed by atoms with E-state index < -0.39 is 0 Å². The minimum Gasteiger partial charge on any atom is -0.486 e. The van der Waals surface area contributed by atoms with Crippen molar-refractivity contribution < 1.29 is 19.0 Å². The average molecular weight is 509 g/mol. The SMILES string of the molecule is CC(C)C(c1nnnn1Cc1ccc(F)cc1)N(CCO)Cc1cc2cc3c(cc2[nH]c1=O)OCCO3. The van der Waals surface area contributed by atoms with E-state index in [2.05, 4.69) is 20.5 Å². The molecule has 11 heteroatoms. The van der Waals surface area contributed by atoms with Crippen molar-refractivity contribution in [3.05, 3.63) is 75.6 Å². The molecule has 0 radical (unpaired) electrons. The summed E-state index contributed by atoms with van der Waals surface area (Å²) in [6.45, 7) is 5.86. The molecule has 2 aromatic carbocycles. The monoisotopic (exact) mass is 508 g/mol. The number of benzene rings is 2. The molecule has 4 aromatic rings. The van der Waals surface area contributed by atoms with Gasteiger partial charge < -0.3 is 19.6 Å². The summed E-state index contributed by atoms with van der Waals surface area (Å²) in [5, 5.41) is 23.1. The zero-order valence-corrected chi connectivity index (χ0v) is 20.7. The molecule has 0 aliphatic carbocycles. The van der Waals surface area contributed by atoms with Crippen LogP contribution in [0.5, 0.6) is 11.5 Å². The van der Waals surface area contributed by atoms with Crippen LogP contribution < -0.4 is 15.0 Å². The first-order valence-corrected chi connectivity index (χ1v) is 12.2. The van der Waals surface area contributed by atoms with Gasteiger partial charge in [-0.05, 0) is 46.2 Å². The maximum atomic E-state index is 13.4.